The molecule has 98 valence electrons. The van der Waals surface area contributed by atoms with Crippen molar-refractivity contribution < 1.29 is 14.6 Å². The smallest absolute Gasteiger partial charge is 0.254 e. The Kier molecular flexibility index (Phi) is 3.87. The number of phenols is 1. The largest absolute Gasteiger partial charge is 0.508 e. The molecule has 0 unspecified atom stereocenters. The van der Waals surface area contributed by atoms with Gasteiger partial charge >= 0.3 is 0 Å². The lowest BCUT2D eigenvalue weighted by atomic mass is 10.0. The van der Waals surface area contributed by atoms with E-state index in [1.807, 2.05) is 11.8 Å². The molecule has 1 aliphatic rings. The van der Waals surface area contributed by atoms with Gasteiger partial charge in [0, 0.05) is 25.8 Å². The molecule has 0 aromatic heterocycles. The average Bonchev–Trinajstić information content (AvgIpc) is 2.38. The van der Waals surface area contributed by atoms with Gasteiger partial charge in [0.05, 0.1) is 6.10 Å². The zero-order valence-corrected chi connectivity index (χ0v) is 10.8. The average molecular weight is 249 g/mol. The summed E-state index contributed by atoms with van der Waals surface area (Å²) in [6, 6.07) is 4.87. The van der Waals surface area contributed by atoms with Crippen molar-refractivity contribution in [2.75, 3.05) is 20.2 Å². The number of rotatable bonds is 2. The van der Waals surface area contributed by atoms with E-state index in [1.54, 1.807) is 25.3 Å². The summed E-state index contributed by atoms with van der Waals surface area (Å²) >= 11 is 0. The molecule has 0 atom stereocenters. The number of carbonyl (C=O) groups excluding carboxylic acids is 1. The van der Waals surface area contributed by atoms with Crippen molar-refractivity contribution >= 4 is 5.91 Å². The number of carbonyl (C=O) groups is 1. The van der Waals surface area contributed by atoms with Gasteiger partial charge in [-0.15, -0.1) is 0 Å². The van der Waals surface area contributed by atoms with Crippen LogP contribution in [0.15, 0.2) is 18.2 Å². The molecule has 0 radical (unpaired) electrons. The highest BCUT2D eigenvalue weighted by atomic mass is 16.5. The molecule has 1 N–H and O–H groups in total. The third-order valence-corrected chi connectivity index (χ3v) is 3.50. The van der Waals surface area contributed by atoms with Crippen LogP contribution in [0.3, 0.4) is 0 Å². The van der Waals surface area contributed by atoms with Crippen molar-refractivity contribution in [3.05, 3.63) is 29.3 Å². The highest BCUT2D eigenvalue weighted by molar-refractivity contribution is 5.95. The minimum absolute atomic E-state index is 0.0436. The number of nitrogens with zero attached hydrogens (tertiary/aromatic N) is 1. The second-order valence-corrected chi connectivity index (χ2v) is 4.73. The molecule has 0 spiro atoms. The van der Waals surface area contributed by atoms with Gasteiger partial charge in [-0.3, -0.25) is 4.79 Å². The fraction of sp³-hybridized carbons (Fsp3) is 0.500. The first-order valence-corrected chi connectivity index (χ1v) is 6.23. The molecular formula is C14H19NO3. The number of phenolic OH excluding ortho intramolecular Hbond substituents is 1. The molecule has 1 fully saturated rings. The van der Waals surface area contributed by atoms with Crippen molar-refractivity contribution in [2.24, 2.45) is 0 Å². The fourth-order valence-corrected chi connectivity index (χ4v) is 2.35. The monoisotopic (exact) mass is 249 g/mol. The minimum atomic E-state index is 0.0436. The van der Waals surface area contributed by atoms with Gasteiger partial charge in [0.15, 0.2) is 0 Å². The molecule has 1 aromatic rings. The van der Waals surface area contributed by atoms with Crippen LogP contribution in [0, 0.1) is 6.92 Å². The van der Waals surface area contributed by atoms with Gasteiger partial charge in [0.25, 0.3) is 5.91 Å². The maximum absolute atomic E-state index is 12.3. The van der Waals surface area contributed by atoms with Crippen LogP contribution in [0.5, 0.6) is 5.75 Å². The summed E-state index contributed by atoms with van der Waals surface area (Å²) in [6.07, 6.45) is 2.05. The zero-order valence-electron chi connectivity index (χ0n) is 10.8. The number of likely N-dealkylation sites (tertiary alicyclic amines) is 1. The second-order valence-electron chi connectivity index (χ2n) is 4.73. The zero-order chi connectivity index (χ0) is 13.1. The van der Waals surface area contributed by atoms with E-state index in [2.05, 4.69) is 0 Å². The van der Waals surface area contributed by atoms with E-state index in [0.29, 0.717) is 5.56 Å². The van der Waals surface area contributed by atoms with Crippen LogP contribution < -0.4 is 0 Å². The summed E-state index contributed by atoms with van der Waals surface area (Å²) in [5.74, 6) is 0.240. The van der Waals surface area contributed by atoms with Crippen LogP contribution in [0.1, 0.15) is 28.8 Å². The number of ether oxygens (including phenoxy) is 1. The molecule has 1 aromatic carbocycles. The maximum Gasteiger partial charge on any atom is 0.254 e. The third-order valence-electron chi connectivity index (χ3n) is 3.50. The fourth-order valence-electron chi connectivity index (χ4n) is 2.35. The van der Waals surface area contributed by atoms with Crippen molar-refractivity contribution in [3.8, 4) is 5.75 Å². The molecule has 0 saturated carbocycles. The number of piperidine rings is 1. The molecule has 1 heterocycles. The summed E-state index contributed by atoms with van der Waals surface area (Å²) < 4.78 is 5.29. The Morgan fingerprint density at radius 3 is 2.61 bits per heavy atom. The van der Waals surface area contributed by atoms with Crippen molar-refractivity contribution in [3.63, 3.8) is 0 Å². The topological polar surface area (TPSA) is 49.8 Å². The van der Waals surface area contributed by atoms with E-state index in [4.69, 9.17) is 4.74 Å². The van der Waals surface area contributed by atoms with Crippen LogP contribution >= 0.6 is 0 Å². The van der Waals surface area contributed by atoms with Gasteiger partial charge in [-0.05, 0) is 43.5 Å². The Hall–Kier alpha value is -1.55. The number of aryl methyl sites for hydroxylation is 1. The van der Waals surface area contributed by atoms with Crippen LogP contribution in [0.25, 0.3) is 0 Å². The van der Waals surface area contributed by atoms with E-state index >= 15 is 0 Å². The first-order valence-electron chi connectivity index (χ1n) is 6.23. The Bertz CT molecular complexity index is 437. The maximum atomic E-state index is 12.3. The number of hydrogen-bond donors (Lipinski definition) is 1. The number of amides is 1. The third kappa shape index (κ3) is 2.64. The van der Waals surface area contributed by atoms with Crippen molar-refractivity contribution in [1.29, 1.82) is 0 Å². The van der Waals surface area contributed by atoms with E-state index < -0.39 is 0 Å². The lowest BCUT2D eigenvalue weighted by Gasteiger charge is -2.31. The SMILES string of the molecule is COC1CCN(C(=O)c2ccc(O)cc2C)CC1. The Labute approximate surface area is 107 Å². The standard InChI is InChI=1S/C14H19NO3/c1-10-9-11(16)3-4-13(10)14(17)15-7-5-12(18-2)6-8-15/h3-4,9,12,16H,5-8H2,1-2H3. The number of methoxy groups -OCH3 is 1. The van der Waals surface area contributed by atoms with Crippen LogP contribution in [-0.2, 0) is 4.74 Å². The van der Waals surface area contributed by atoms with Gasteiger partial charge in [-0.2, -0.15) is 0 Å². The van der Waals surface area contributed by atoms with E-state index in [-0.39, 0.29) is 17.8 Å². The number of benzene rings is 1. The van der Waals surface area contributed by atoms with Gasteiger partial charge in [-0.25, -0.2) is 0 Å². The molecule has 2 rings (SSSR count). The summed E-state index contributed by atoms with van der Waals surface area (Å²) in [7, 11) is 1.71. The molecule has 4 nitrogen and oxygen atoms in total. The predicted molar refractivity (Wildman–Crippen MR) is 68.8 cm³/mol. The van der Waals surface area contributed by atoms with Gasteiger partial charge in [-0.1, -0.05) is 0 Å². The molecule has 18 heavy (non-hydrogen) atoms. The normalized spacial score (nSPS) is 16.9. The van der Waals surface area contributed by atoms with Crippen LogP contribution in [0.2, 0.25) is 0 Å². The van der Waals surface area contributed by atoms with E-state index in [1.165, 1.54) is 0 Å². The lowest BCUT2D eigenvalue weighted by molar-refractivity contribution is 0.0350. The quantitative estimate of drug-likeness (QED) is 0.871. The molecule has 4 heteroatoms. The number of hydrogen-bond acceptors (Lipinski definition) is 3. The highest BCUT2D eigenvalue weighted by Crippen LogP contribution is 2.20. The molecule has 1 amide bonds. The molecule has 1 aliphatic heterocycles. The van der Waals surface area contributed by atoms with Crippen molar-refractivity contribution in [2.45, 2.75) is 25.9 Å². The molecular weight excluding hydrogens is 230 g/mol. The van der Waals surface area contributed by atoms with Gasteiger partial charge < -0.3 is 14.7 Å². The molecule has 0 aliphatic carbocycles. The summed E-state index contributed by atoms with van der Waals surface area (Å²) in [4.78, 5) is 14.2. The summed E-state index contributed by atoms with van der Waals surface area (Å²) in [5, 5.41) is 9.35. The molecule has 1 saturated heterocycles. The van der Waals surface area contributed by atoms with E-state index in [9.17, 15) is 9.90 Å². The predicted octanol–water partition coefficient (Wildman–Crippen LogP) is 1.95. The minimum Gasteiger partial charge on any atom is -0.508 e. The van der Waals surface area contributed by atoms with Crippen LogP contribution in [-0.4, -0.2) is 42.2 Å². The van der Waals surface area contributed by atoms with Crippen LogP contribution in [0.4, 0.5) is 0 Å². The Morgan fingerprint density at radius 2 is 2.06 bits per heavy atom. The highest BCUT2D eigenvalue weighted by Gasteiger charge is 2.24. The van der Waals surface area contributed by atoms with Crippen molar-refractivity contribution in [1.82, 2.24) is 4.90 Å². The van der Waals surface area contributed by atoms with Gasteiger partial charge in [0.1, 0.15) is 5.75 Å². The Morgan fingerprint density at radius 1 is 1.39 bits per heavy atom. The van der Waals surface area contributed by atoms with Gasteiger partial charge in [0.2, 0.25) is 0 Å². The Balaban J connectivity index is 2.08. The second kappa shape index (κ2) is 5.40. The molecule has 0 bridgehead atoms. The summed E-state index contributed by atoms with van der Waals surface area (Å²) in [6.45, 7) is 3.31. The van der Waals surface area contributed by atoms with E-state index in [0.717, 1.165) is 31.5 Å². The lowest BCUT2D eigenvalue weighted by Crippen LogP contribution is -2.40. The first kappa shape index (κ1) is 12.9. The first-order chi connectivity index (χ1) is 8.61. The number of aromatic hydroxyl groups is 1. The summed E-state index contributed by atoms with van der Waals surface area (Å²) in [5.41, 5.74) is 1.48.